The monoisotopic (exact) mass is 247 g/mol. The third-order valence-corrected chi connectivity index (χ3v) is 3.60. The third kappa shape index (κ3) is 3.77. The molecule has 0 aliphatic carbocycles. The van der Waals surface area contributed by atoms with E-state index >= 15 is 0 Å². The molecule has 0 spiro atoms. The predicted octanol–water partition coefficient (Wildman–Crippen LogP) is 0.489. The lowest BCUT2D eigenvalue weighted by Gasteiger charge is -2.13. The Morgan fingerprint density at radius 2 is 1.71 bits per heavy atom. The van der Waals surface area contributed by atoms with Crippen molar-refractivity contribution in [2.75, 3.05) is 0 Å². The normalized spacial score (nSPS) is 9.53. The smallest absolute Gasteiger partial charge is 0.480 e. The zero-order valence-corrected chi connectivity index (χ0v) is 10.5. The Labute approximate surface area is 101 Å². The Bertz CT molecular complexity index is 460. The second kappa shape index (κ2) is 5.87. The summed E-state index contributed by atoms with van der Waals surface area (Å²) < 4.78 is 10.0. The van der Waals surface area contributed by atoms with Crippen molar-refractivity contribution in [3.05, 3.63) is 29.8 Å². The molecule has 0 bridgehead atoms. The minimum absolute atomic E-state index is 0.507. The van der Waals surface area contributed by atoms with Gasteiger partial charge in [0.1, 0.15) is 0 Å². The van der Waals surface area contributed by atoms with Crippen LogP contribution in [0.2, 0.25) is 0 Å². The van der Waals surface area contributed by atoms with E-state index in [1.165, 1.54) is 13.8 Å². The van der Waals surface area contributed by atoms with Crippen LogP contribution in [-0.2, 0) is 18.4 Å². The van der Waals surface area contributed by atoms with Gasteiger partial charge >= 0.3 is 9.28 Å². The molecule has 4 nitrogen and oxygen atoms in total. The van der Waals surface area contributed by atoms with Crippen LogP contribution in [0.3, 0.4) is 0 Å². The average Bonchev–Trinajstić information content (AvgIpc) is 2.27. The molecule has 0 aliphatic rings. The highest BCUT2D eigenvalue weighted by molar-refractivity contribution is 6.65. The molecule has 0 fully saturated rings. The maximum absolute atomic E-state index is 11.0. The summed E-state index contributed by atoms with van der Waals surface area (Å²) >= 11 is 0. The Balaban J connectivity index is 3.07. The molecule has 87 valence electrons. The van der Waals surface area contributed by atoms with Crippen LogP contribution in [0.15, 0.2) is 24.3 Å². The summed E-state index contributed by atoms with van der Waals surface area (Å²) in [5, 5.41) is 0.574. The van der Waals surface area contributed by atoms with Gasteiger partial charge in [-0.3, -0.25) is 9.59 Å². The number of hydrogen-bond acceptors (Lipinski definition) is 4. The summed E-state index contributed by atoms with van der Waals surface area (Å²) in [7, 11) is -2.20. The van der Waals surface area contributed by atoms with Crippen LogP contribution in [-0.4, -0.2) is 21.2 Å². The molecule has 1 radical (unpaired) electrons. The molecule has 0 aliphatic heterocycles. The van der Waals surface area contributed by atoms with Gasteiger partial charge in [-0.1, -0.05) is 24.1 Å². The molecule has 1 rings (SSSR count). The minimum atomic E-state index is -2.20. The quantitative estimate of drug-likeness (QED) is 0.576. The molecule has 17 heavy (non-hydrogen) atoms. The van der Waals surface area contributed by atoms with Crippen molar-refractivity contribution in [3.8, 4) is 12.3 Å². The molecular weight excluding hydrogens is 236 g/mol. The predicted molar refractivity (Wildman–Crippen MR) is 63.3 cm³/mol. The lowest BCUT2D eigenvalue weighted by molar-refractivity contribution is -0.137. The van der Waals surface area contributed by atoms with Crippen LogP contribution < -0.4 is 5.19 Å². The van der Waals surface area contributed by atoms with E-state index in [9.17, 15) is 9.59 Å². The van der Waals surface area contributed by atoms with Gasteiger partial charge in [-0.25, -0.2) is 0 Å². The fourth-order valence-electron chi connectivity index (χ4n) is 1.18. The summed E-state index contributed by atoms with van der Waals surface area (Å²) in [5.41, 5.74) is 0.559. The van der Waals surface area contributed by atoms with Crippen LogP contribution in [0.1, 0.15) is 19.4 Å². The Kier molecular flexibility index (Phi) is 4.49. The van der Waals surface area contributed by atoms with Gasteiger partial charge in [0.05, 0.1) is 0 Å². The minimum Gasteiger partial charge on any atom is -0.480 e. The lowest BCUT2D eigenvalue weighted by Crippen LogP contribution is -2.41. The SMILES string of the molecule is C#Cc1ccccc1[Si](OC(C)=O)OC(C)=O. The molecule has 5 heteroatoms. The van der Waals surface area contributed by atoms with Crippen molar-refractivity contribution in [3.63, 3.8) is 0 Å². The van der Waals surface area contributed by atoms with Gasteiger partial charge in [-0.2, -0.15) is 0 Å². The lowest BCUT2D eigenvalue weighted by atomic mass is 10.2. The van der Waals surface area contributed by atoms with Gasteiger partial charge in [-0.15, -0.1) is 6.42 Å². The van der Waals surface area contributed by atoms with Gasteiger partial charge in [-0.05, 0) is 6.07 Å². The number of terminal acetylenes is 1. The van der Waals surface area contributed by atoms with Crippen LogP contribution >= 0.6 is 0 Å². The number of benzene rings is 1. The maximum atomic E-state index is 11.0. The van der Waals surface area contributed by atoms with E-state index in [0.29, 0.717) is 10.8 Å². The molecule has 1 aromatic carbocycles. The summed E-state index contributed by atoms with van der Waals surface area (Å²) in [4.78, 5) is 21.9. The second-order valence-electron chi connectivity index (χ2n) is 3.16. The first-order valence-corrected chi connectivity index (χ1v) is 6.16. The molecule has 0 saturated heterocycles. The van der Waals surface area contributed by atoms with Crippen molar-refractivity contribution in [1.29, 1.82) is 0 Å². The van der Waals surface area contributed by atoms with Gasteiger partial charge in [0.15, 0.2) is 0 Å². The van der Waals surface area contributed by atoms with E-state index in [0.717, 1.165) is 0 Å². The van der Waals surface area contributed by atoms with Gasteiger partial charge in [0, 0.05) is 24.6 Å². The molecule has 0 atom stereocenters. The molecule has 0 saturated carbocycles. The van der Waals surface area contributed by atoms with E-state index in [4.69, 9.17) is 15.3 Å². The summed E-state index contributed by atoms with van der Waals surface area (Å²) in [6, 6.07) is 6.90. The Morgan fingerprint density at radius 1 is 1.18 bits per heavy atom. The summed E-state index contributed by atoms with van der Waals surface area (Å²) in [5.74, 6) is 1.45. The fourth-order valence-corrected chi connectivity index (χ4v) is 2.57. The highest BCUT2D eigenvalue weighted by Gasteiger charge is 2.28. The highest BCUT2D eigenvalue weighted by Crippen LogP contribution is 2.00. The molecule has 1 aromatic rings. The zero-order valence-electron chi connectivity index (χ0n) is 9.52. The first-order chi connectivity index (χ1) is 8.04. The van der Waals surface area contributed by atoms with E-state index in [1.807, 2.05) is 0 Å². The van der Waals surface area contributed by atoms with Crippen LogP contribution in [0.5, 0.6) is 0 Å². The van der Waals surface area contributed by atoms with Gasteiger partial charge < -0.3 is 8.85 Å². The maximum Gasteiger partial charge on any atom is 0.577 e. The summed E-state index contributed by atoms with van der Waals surface area (Å²) in [6.45, 7) is 2.51. The topological polar surface area (TPSA) is 52.6 Å². The number of rotatable bonds is 3. The first-order valence-electron chi connectivity index (χ1n) is 4.84. The zero-order chi connectivity index (χ0) is 12.8. The van der Waals surface area contributed by atoms with Crippen LogP contribution in [0.4, 0.5) is 0 Å². The van der Waals surface area contributed by atoms with Crippen molar-refractivity contribution in [2.24, 2.45) is 0 Å². The standard InChI is InChI=1S/C12H11O4Si/c1-4-11-7-5-6-8-12(11)17(15-9(2)13)16-10(3)14/h1,5-8H,2-3H3. The Morgan fingerprint density at radius 3 is 2.18 bits per heavy atom. The van der Waals surface area contributed by atoms with E-state index < -0.39 is 21.2 Å². The molecule has 0 N–H and O–H groups in total. The second-order valence-corrected chi connectivity index (χ2v) is 4.69. The summed E-state index contributed by atoms with van der Waals surface area (Å²) in [6.07, 6.45) is 5.34. The average molecular weight is 247 g/mol. The Hall–Kier alpha value is -2.06. The largest absolute Gasteiger partial charge is 0.577 e. The molecular formula is C12H11O4Si. The van der Waals surface area contributed by atoms with Crippen LogP contribution in [0.25, 0.3) is 0 Å². The third-order valence-electron chi connectivity index (χ3n) is 1.78. The van der Waals surface area contributed by atoms with E-state index in [1.54, 1.807) is 24.3 Å². The first kappa shape index (κ1) is 13.0. The van der Waals surface area contributed by atoms with Gasteiger partial charge in [0.25, 0.3) is 11.9 Å². The number of carbonyl (C=O) groups excluding carboxylic acids is 2. The van der Waals surface area contributed by atoms with Crippen molar-refractivity contribution < 1.29 is 18.4 Å². The molecule has 0 heterocycles. The number of carbonyl (C=O) groups is 2. The van der Waals surface area contributed by atoms with Gasteiger partial charge in [0.2, 0.25) is 0 Å². The molecule has 0 amide bonds. The van der Waals surface area contributed by atoms with Crippen molar-refractivity contribution in [2.45, 2.75) is 13.8 Å². The molecule has 0 unspecified atom stereocenters. The van der Waals surface area contributed by atoms with E-state index in [-0.39, 0.29) is 0 Å². The highest BCUT2D eigenvalue weighted by atomic mass is 28.3. The van der Waals surface area contributed by atoms with Crippen LogP contribution in [0, 0.1) is 12.3 Å². The van der Waals surface area contributed by atoms with Crippen molar-refractivity contribution >= 4 is 26.4 Å². The fraction of sp³-hybridized carbons (Fsp3) is 0.167. The van der Waals surface area contributed by atoms with Crippen molar-refractivity contribution in [1.82, 2.24) is 0 Å². The molecule has 0 aromatic heterocycles. The number of hydrogen-bond donors (Lipinski definition) is 0. The van der Waals surface area contributed by atoms with E-state index in [2.05, 4.69) is 5.92 Å².